The summed E-state index contributed by atoms with van der Waals surface area (Å²) >= 11 is 0. The molecule has 0 radical (unpaired) electrons. The van der Waals surface area contributed by atoms with Crippen LogP contribution >= 0.6 is 0 Å². The number of rotatable bonds is 3. The molecule has 2 rings (SSSR count). The Morgan fingerprint density at radius 1 is 1.38 bits per heavy atom. The van der Waals surface area contributed by atoms with Crippen molar-refractivity contribution in [2.45, 2.75) is 18.9 Å². The number of piperidine rings is 1. The minimum Gasteiger partial charge on any atom is -0.370 e. The summed E-state index contributed by atoms with van der Waals surface area (Å²) in [5, 5.41) is 11.8. The third kappa shape index (κ3) is 2.74. The molecule has 1 aromatic carbocycles. The van der Waals surface area contributed by atoms with Crippen molar-refractivity contribution in [3.63, 3.8) is 0 Å². The summed E-state index contributed by atoms with van der Waals surface area (Å²) in [4.78, 5) is 2.39. The minimum atomic E-state index is 0.452. The Bertz CT molecular complexity index is 355. The SMILES string of the molecule is N#CCNC1CCCN(c2ccccc2)C1. The topological polar surface area (TPSA) is 39.1 Å². The average molecular weight is 215 g/mol. The van der Waals surface area contributed by atoms with E-state index in [4.69, 9.17) is 5.26 Å². The van der Waals surface area contributed by atoms with E-state index < -0.39 is 0 Å². The molecule has 0 aliphatic carbocycles. The molecule has 1 aliphatic rings. The van der Waals surface area contributed by atoms with Crippen LogP contribution in [0.1, 0.15) is 12.8 Å². The number of nitriles is 1. The Hall–Kier alpha value is -1.53. The summed E-state index contributed by atoms with van der Waals surface area (Å²) < 4.78 is 0. The van der Waals surface area contributed by atoms with E-state index in [0.29, 0.717) is 12.6 Å². The molecule has 16 heavy (non-hydrogen) atoms. The van der Waals surface area contributed by atoms with Crippen LogP contribution in [-0.2, 0) is 0 Å². The van der Waals surface area contributed by atoms with Gasteiger partial charge in [-0.3, -0.25) is 5.32 Å². The summed E-state index contributed by atoms with van der Waals surface area (Å²) in [7, 11) is 0. The highest BCUT2D eigenvalue weighted by molar-refractivity contribution is 5.46. The quantitative estimate of drug-likeness (QED) is 0.781. The Balaban J connectivity index is 1.94. The van der Waals surface area contributed by atoms with Gasteiger partial charge in [0.25, 0.3) is 0 Å². The lowest BCUT2D eigenvalue weighted by Gasteiger charge is -2.34. The van der Waals surface area contributed by atoms with E-state index >= 15 is 0 Å². The first-order valence-electron chi connectivity index (χ1n) is 5.80. The number of nitrogens with one attached hydrogen (secondary N) is 1. The lowest BCUT2D eigenvalue weighted by molar-refractivity contribution is 0.439. The first-order chi connectivity index (χ1) is 7.90. The normalized spacial score (nSPS) is 20.4. The number of nitrogens with zero attached hydrogens (tertiary/aromatic N) is 2. The van der Waals surface area contributed by atoms with Crippen molar-refractivity contribution in [2.75, 3.05) is 24.5 Å². The summed E-state index contributed by atoms with van der Waals surface area (Å²) in [6, 6.07) is 13.1. The maximum absolute atomic E-state index is 8.55. The van der Waals surface area contributed by atoms with Crippen molar-refractivity contribution in [3.8, 4) is 6.07 Å². The monoisotopic (exact) mass is 215 g/mol. The predicted octanol–water partition coefficient (Wildman–Crippen LogP) is 1.77. The highest BCUT2D eigenvalue weighted by Gasteiger charge is 2.19. The molecule has 1 aliphatic heterocycles. The van der Waals surface area contributed by atoms with Gasteiger partial charge in [-0.2, -0.15) is 5.26 Å². The summed E-state index contributed by atoms with van der Waals surface area (Å²) in [5.41, 5.74) is 1.28. The standard InChI is InChI=1S/C13H17N3/c14-8-9-15-12-5-4-10-16(11-12)13-6-2-1-3-7-13/h1-3,6-7,12,15H,4-5,9-11H2. The molecule has 1 unspecified atom stereocenters. The molecule has 0 amide bonds. The van der Waals surface area contributed by atoms with E-state index in [1.165, 1.54) is 18.5 Å². The third-order valence-corrected chi connectivity index (χ3v) is 3.01. The molecule has 1 aromatic rings. The number of anilines is 1. The molecule has 1 heterocycles. The van der Waals surface area contributed by atoms with E-state index in [1.54, 1.807) is 0 Å². The molecule has 0 saturated carbocycles. The van der Waals surface area contributed by atoms with Gasteiger partial charge in [0.05, 0.1) is 12.6 Å². The van der Waals surface area contributed by atoms with Crippen LogP contribution in [-0.4, -0.2) is 25.7 Å². The fraction of sp³-hybridized carbons (Fsp3) is 0.462. The second-order valence-corrected chi connectivity index (χ2v) is 4.16. The molecule has 3 nitrogen and oxygen atoms in total. The van der Waals surface area contributed by atoms with Gasteiger partial charge in [0.15, 0.2) is 0 Å². The van der Waals surface area contributed by atoms with Gasteiger partial charge in [-0.15, -0.1) is 0 Å². The van der Waals surface area contributed by atoms with Gasteiger partial charge in [-0.25, -0.2) is 0 Å². The highest BCUT2D eigenvalue weighted by Crippen LogP contribution is 2.19. The Kier molecular flexibility index (Phi) is 3.79. The smallest absolute Gasteiger partial charge is 0.0843 e. The maximum atomic E-state index is 8.55. The molecule has 1 saturated heterocycles. The lowest BCUT2D eigenvalue weighted by atomic mass is 10.0. The van der Waals surface area contributed by atoms with Crippen molar-refractivity contribution in [1.82, 2.24) is 5.32 Å². The second-order valence-electron chi connectivity index (χ2n) is 4.16. The lowest BCUT2D eigenvalue weighted by Crippen LogP contribution is -2.45. The first-order valence-corrected chi connectivity index (χ1v) is 5.80. The van der Waals surface area contributed by atoms with Gasteiger partial charge in [-0.1, -0.05) is 18.2 Å². The van der Waals surface area contributed by atoms with E-state index in [-0.39, 0.29) is 0 Å². The highest BCUT2D eigenvalue weighted by atomic mass is 15.2. The van der Waals surface area contributed by atoms with Gasteiger partial charge in [0.2, 0.25) is 0 Å². The Labute approximate surface area is 96.7 Å². The number of para-hydroxylation sites is 1. The van der Waals surface area contributed by atoms with Crippen LogP contribution < -0.4 is 10.2 Å². The molecule has 0 aromatic heterocycles. The zero-order chi connectivity index (χ0) is 11.2. The van der Waals surface area contributed by atoms with Crippen LogP contribution in [0.15, 0.2) is 30.3 Å². The Morgan fingerprint density at radius 2 is 2.19 bits per heavy atom. The van der Waals surface area contributed by atoms with Gasteiger partial charge >= 0.3 is 0 Å². The zero-order valence-corrected chi connectivity index (χ0v) is 9.39. The van der Waals surface area contributed by atoms with Gasteiger partial charge in [0, 0.05) is 24.8 Å². The van der Waals surface area contributed by atoms with E-state index in [2.05, 4.69) is 40.6 Å². The average Bonchev–Trinajstić information content (AvgIpc) is 2.38. The van der Waals surface area contributed by atoms with Crippen molar-refractivity contribution in [2.24, 2.45) is 0 Å². The zero-order valence-electron chi connectivity index (χ0n) is 9.39. The molecule has 84 valence electrons. The van der Waals surface area contributed by atoms with E-state index in [1.807, 2.05) is 6.07 Å². The largest absolute Gasteiger partial charge is 0.370 e. The molecule has 0 spiro atoms. The fourth-order valence-corrected chi connectivity index (χ4v) is 2.21. The number of hydrogen-bond donors (Lipinski definition) is 1. The van der Waals surface area contributed by atoms with Gasteiger partial charge in [-0.05, 0) is 25.0 Å². The summed E-state index contributed by atoms with van der Waals surface area (Å²) in [6.07, 6.45) is 2.36. The van der Waals surface area contributed by atoms with Crippen molar-refractivity contribution < 1.29 is 0 Å². The maximum Gasteiger partial charge on any atom is 0.0843 e. The van der Waals surface area contributed by atoms with E-state index in [9.17, 15) is 0 Å². The van der Waals surface area contributed by atoms with Crippen molar-refractivity contribution >= 4 is 5.69 Å². The minimum absolute atomic E-state index is 0.452. The van der Waals surface area contributed by atoms with Crippen LogP contribution in [0, 0.1) is 11.3 Å². The molecule has 0 bridgehead atoms. The van der Waals surface area contributed by atoms with E-state index in [0.717, 1.165) is 13.1 Å². The van der Waals surface area contributed by atoms with Gasteiger partial charge < -0.3 is 4.90 Å². The predicted molar refractivity (Wildman–Crippen MR) is 65.3 cm³/mol. The molecule has 1 fully saturated rings. The number of hydrogen-bond acceptors (Lipinski definition) is 3. The van der Waals surface area contributed by atoms with Crippen LogP contribution in [0.3, 0.4) is 0 Å². The first kappa shape index (κ1) is 11.0. The third-order valence-electron chi connectivity index (χ3n) is 3.01. The van der Waals surface area contributed by atoms with Crippen LogP contribution in [0.25, 0.3) is 0 Å². The van der Waals surface area contributed by atoms with Crippen LogP contribution in [0.4, 0.5) is 5.69 Å². The summed E-state index contributed by atoms with van der Waals surface area (Å²) in [6.45, 7) is 2.58. The molecule has 1 atom stereocenters. The van der Waals surface area contributed by atoms with Crippen LogP contribution in [0.5, 0.6) is 0 Å². The molecule has 1 N–H and O–H groups in total. The fourth-order valence-electron chi connectivity index (χ4n) is 2.21. The van der Waals surface area contributed by atoms with Gasteiger partial charge in [0.1, 0.15) is 0 Å². The molecular formula is C13H17N3. The van der Waals surface area contributed by atoms with Crippen molar-refractivity contribution in [1.29, 1.82) is 5.26 Å². The Morgan fingerprint density at radius 3 is 2.94 bits per heavy atom. The second kappa shape index (κ2) is 5.53. The number of benzene rings is 1. The summed E-state index contributed by atoms with van der Waals surface area (Å²) in [5.74, 6) is 0. The molecule has 3 heteroatoms. The van der Waals surface area contributed by atoms with Crippen LogP contribution in [0.2, 0.25) is 0 Å². The van der Waals surface area contributed by atoms with Crippen molar-refractivity contribution in [3.05, 3.63) is 30.3 Å². The molecular weight excluding hydrogens is 198 g/mol.